The summed E-state index contributed by atoms with van der Waals surface area (Å²) in [4.78, 5) is 0. The van der Waals surface area contributed by atoms with Crippen LogP contribution in [-0.4, -0.2) is 9.52 Å². The van der Waals surface area contributed by atoms with Crippen molar-refractivity contribution in [2.45, 2.75) is 67.5 Å². The van der Waals surface area contributed by atoms with Crippen molar-refractivity contribution in [1.29, 1.82) is 0 Å². The van der Waals surface area contributed by atoms with Gasteiger partial charge in [0.2, 0.25) is 0 Å². The summed E-state index contributed by atoms with van der Waals surface area (Å²) >= 11 is -0.826. The summed E-state index contributed by atoms with van der Waals surface area (Å²) in [6.45, 7) is 17.5. The van der Waals surface area contributed by atoms with Crippen LogP contribution in [0.15, 0.2) is 146 Å². The third kappa shape index (κ3) is 10.8. The van der Waals surface area contributed by atoms with Gasteiger partial charge in [0.05, 0.1) is 0 Å². The molecule has 0 nitrogen and oxygen atoms in total. The summed E-state index contributed by atoms with van der Waals surface area (Å²) in [7, 11) is 11.0. The van der Waals surface area contributed by atoms with Gasteiger partial charge >= 0.3 is 37.9 Å². The minimum absolute atomic E-state index is 0.826. The van der Waals surface area contributed by atoms with E-state index in [2.05, 4.69) is 200 Å². The van der Waals surface area contributed by atoms with Crippen LogP contribution in [0.5, 0.6) is 0 Å². The fraction of sp³-hybridized carbons (Fsp3) is 0.192. The van der Waals surface area contributed by atoms with Crippen LogP contribution in [-0.2, 0) is 33.7 Å². The molecule has 0 heterocycles. The van der Waals surface area contributed by atoms with E-state index in [-0.39, 0.29) is 0 Å². The third-order valence-corrected chi connectivity index (χ3v) is 9.95. The number of aryl methyl sites for hydroxylation is 6. The van der Waals surface area contributed by atoms with Crippen molar-refractivity contribution < 1.29 is 20.8 Å². The Kier molecular flexibility index (Phi) is 16.3. The van der Waals surface area contributed by atoms with Gasteiger partial charge in [-0.25, -0.2) is 0 Å². The number of halogens is 2. The second-order valence-corrected chi connectivity index (χ2v) is 19.2. The zero-order chi connectivity index (χ0) is 40.2. The van der Waals surface area contributed by atoms with Crippen LogP contribution in [0, 0.1) is 27.7 Å². The van der Waals surface area contributed by atoms with Gasteiger partial charge in [-0.3, -0.25) is 0 Å². The van der Waals surface area contributed by atoms with Crippen molar-refractivity contribution in [3.8, 4) is 44.5 Å². The number of benzene rings is 6. The Morgan fingerprint density at radius 1 is 0.464 bits per heavy atom. The topological polar surface area (TPSA) is 0 Å². The molecule has 0 atom stereocenters. The van der Waals surface area contributed by atoms with Crippen LogP contribution in [0.2, 0.25) is 13.1 Å². The van der Waals surface area contributed by atoms with Gasteiger partial charge in [-0.05, 0) is 62.8 Å². The molecule has 0 fully saturated rings. The first-order valence-corrected chi connectivity index (χ1v) is 27.7. The molecule has 0 N–H and O–H groups in total. The minimum atomic E-state index is -0.826. The van der Waals surface area contributed by atoms with Gasteiger partial charge in [0.15, 0.2) is 0 Å². The Balaban J connectivity index is 0.000000188. The van der Waals surface area contributed by atoms with Crippen molar-refractivity contribution in [2.75, 3.05) is 0 Å². The molecule has 0 aromatic heterocycles. The summed E-state index contributed by atoms with van der Waals surface area (Å²) in [5, 5.41) is 5.38. The molecule has 0 bridgehead atoms. The maximum absolute atomic E-state index is 4.93. The maximum atomic E-state index is 4.93. The zero-order valence-corrected chi connectivity index (χ0v) is 39.0. The van der Waals surface area contributed by atoms with Crippen LogP contribution in [0.3, 0.4) is 0 Å². The number of hydrogen-bond acceptors (Lipinski definition) is 0. The van der Waals surface area contributed by atoms with Crippen LogP contribution in [0.25, 0.3) is 66.1 Å². The molecule has 0 amide bonds. The van der Waals surface area contributed by atoms with Crippen molar-refractivity contribution in [2.24, 2.45) is 0 Å². The Morgan fingerprint density at radius 3 is 1.09 bits per heavy atom. The van der Waals surface area contributed by atoms with Crippen LogP contribution in [0.4, 0.5) is 0 Å². The van der Waals surface area contributed by atoms with E-state index in [1.165, 1.54) is 99.4 Å². The molecule has 0 saturated heterocycles. The van der Waals surface area contributed by atoms with E-state index in [1.807, 2.05) is 0 Å². The monoisotopic (exact) mass is 864 g/mol. The van der Waals surface area contributed by atoms with Gasteiger partial charge in [0.25, 0.3) is 0 Å². The van der Waals surface area contributed by atoms with Crippen molar-refractivity contribution in [3.63, 3.8) is 0 Å². The Labute approximate surface area is 357 Å². The quantitative estimate of drug-likeness (QED) is 0.115. The van der Waals surface area contributed by atoms with Crippen LogP contribution < -0.4 is 0 Å². The molecule has 0 spiro atoms. The second-order valence-electron chi connectivity index (χ2n) is 14.5. The fourth-order valence-electron chi connectivity index (χ4n) is 7.76. The van der Waals surface area contributed by atoms with E-state index in [0.717, 1.165) is 22.4 Å². The van der Waals surface area contributed by atoms with E-state index in [0.29, 0.717) is 0 Å². The van der Waals surface area contributed by atoms with E-state index in [9.17, 15) is 0 Å². The molecular weight excluding hydrogens is 815 g/mol. The van der Waals surface area contributed by atoms with Gasteiger partial charge in [0, 0.05) is 9.52 Å². The molecule has 2 radical (unpaired) electrons. The fourth-order valence-corrected chi connectivity index (χ4v) is 7.76. The summed E-state index contributed by atoms with van der Waals surface area (Å²) in [5.74, 6) is 0. The molecule has 0 aliphatic heterocycles. The van der Waals surface area contributed by atoms with Gasteiger partial charge in [0.1, 0.15) is 0 Å². The van der Waals surface area contributed by atoms with E-state index in [4.69, 9.17) is 17.0 Å². The Bertz CT molecular complexity index is 2260. The molecule has 4 heteroatoms. The zero-order valence-electron chi connectivity index (χ0n) is 34.0. The standard InChI is InChI=1S/2C25H23.C2H6Si.2ClH.Zr/c2*1-4-19-10-11-21-15-22(20-8-6-5-7-9-20)16-24(21)25(19)23-13-17(2)12-18(3)14-23;1-3-2;;;/h2*5-16H,4H2,1-3H3;1-2H3;2*1H;/q2*-1;;;;+4/p-2. The summed E-state index contributed by atoms with van der Waals surface area (Å²) in [6, 6.07) is 53.5. The van der Waals surface area contributed by atoms with E-state index < -0.39 is 20.8 Å². The first-order chi connectivity index (χ1) is 27.1. The summed E-state index contributed by atoms with van der Waals surface area (Å²) < 4.78 is 0. The molecule has 8 aromatic rings. The molecule has 0 saturated carbocycles. The average Bonchev–Trinajstić information content (AvgIpc) is 3.83. The summed E-state index contributed by atoms with van der Waals surface area (Å²) in [5.41, 5.74) is 18.8. The predicted octanol–water partition coefficient (Wildman–Crippen LogP) is 16.3. The number of rotatable bonds is 6. The molecule has 0 unspecified atom stereocenters. The Morgan fingerprint density at radius 2 is 0.786 bits per heavy atom. The van der Waals surface area contributed by atoms with Crippen LogP contribution in [0.1, 0.15) is 47.2 Å². The SMILES string of the molecule is CCc1ccc2[cH-]c(-c3ccccc3)cc2c1-c1cc(C)cc(C)c1.CCc1ccc2[cH-]c(-c3ccccc3)cc2c1-c1cc(C)cc(C)c1.C[Si]C.[Cl][Zr+2][Cl]. The van der Waals surface area contributed by atoms with Gasteiger partial charge in [-0.1, -0.05) is 181 Å². The normalized spacial score (nSPS) is 10.5. The van der Waals surface area contributed by atoms with Crippen LogP contribution >= 0.6 is 17.0 Å². The molecule has 8 rings (SSSR count). The van der Waals surface area contributed by atoms with Gasteiger partial charge in [-0.2, -0.15) is 0 Å². The molecular formula is C52H52Cl2SiZr. The van der Waals surface area contributed by atoms with Gasteiger partial charge in [-0.15, -0.1) is 69.1 Å². The molecule has 0 aliphatic carbocycles. The van der Waals surface area contributed by atoms with Crippen molar-refractivity contribution >= 4 is 48.1 Å². The van der Waals surface area contributed by atoms with Crippen molar-refractivity contribution in [1.82, 2.24) is 0 Å². The van der Waals surface area contributed by atoms with E-state index >= 15 is 0 Å². The predicted molar refractivity (Wildman–Crippen MR) is 248 cm³/mol. The van der Waals surface area contributed by atoms with E-state index in [1.54, 1.807) is 0 Å². The molecule has 0 aliphatic rings. The first kappa shape index (κ1) is 43.3. The van der Waals surface area contributed by atoms with Crippen molar-refractivity contribution in [3.05, 3.63) is 179 Å². The molecule has 56 heavy (non-hydrogen) atoms. The first-order valence-electron chi connectivity index (χ1n) is 19.4. The third-order valence-electron chi connectivity index (χ3n) is 9.95. The summed E-state index contributed by atoms with van der Waals surface area (Å²) in [6.07, 6.45) is 2.09. The molecule has 282 valence electrons. The Hall–Kier alpha value is -3.78. The average molecular weight is 867 g/mol. The molecule has 8 aromatic carbocycles. The second kappa shape index (κ2) is 21.1. The number of hydrogen-bond donors (Lipinski definition) is 0. The number of fused-ring (bicyclic) bond motifs is 2. The van der Waals surface area contributed by atoms with Gasteiger partial charge < -0.3 is 0 Å².